The minimum atomic E-state index is -0.780. The standard InChI is InChI=1S/C15H23F2N/c1-11(2)18-8-7-15(3,4)10-12-5-6-13(16)14(17)9-12/h5-6,9,11,18H,7-8,10H2,1-4H3. The van der Waals surface area contributed by atoms with E-state index < -0.39 is 11.6 Å². The van der Waals surface area contributed by atoms with Gasteiger partial charge in [0.05, 0.1) is 0 Å². The molecule has 0 fully saturated rings. The Labute approximate surface area is 109 Å². The van der Waals surface area contributed by atoms with Crippen LogP contribution >= 0.6 is 0 Å². The van der Waals surface area contributed by atoms with Gasteiger partial charge in [-0.15, -0.1) is 0 Å². The summed E-state index contributed by atoms with van der Waals surface area (Å²) in [6.07, 6.45) is 1.76. The Morgan fingerprint density at radius 3 is 2.39 bits per heavy atom. The zero-order valence-electron chi connectivity index (χ0n) is 11.7. The van der Waals surface area contributed by atoms with Crippen LogP contribution in [0, 0.1) is 17.0 Å². The molecule has 0 aliphatic heterocycles. The van der Waals surface area contributed by atoms with E-state index in [4.69, 9.17) is 0 Å². The maximum Gasteiger partial charge on any atom is 0.159 e. The molecule has 1 aromatic carbocycles. The minimum Gasteiger partial charge on any atom is -0.315 e. The molecule has 0 aromatic heterocycles. The SMILES string of the molecule is CC(C)NCCC(C)(C)Cc1ccc(F)c(F)c1. The first-order chi connectivity index (χ1) is 8.30. The monoisotopic (exact) mass is 255 g/mol. The van der Waals surface area contributed by atoms with Crippen LogP contribution in [0.25, 0.3) is 0 Å². The van der Waals surface area contributed by atoms with Crippen molar-refractivity contribution in [2.75, 3.05) is 6.54 Å². The Kier molecular flexibility index (Phi) is 5.27. The predicted octanol–water partition coefficient (Wildman–Crippen LogP) is 3.92. The van der Waals surface area contributed by atoms with Crippen LogP contribution in [0.1, 0.15) is 39.7 Å². The van der Waals surface area contributed by atoms with Crippen LogP contribution in [0.15, 0.2) is 18.2 Å². The molecule has 0 aliphatic carbocycles. The Hall–Kier alpha value is -0.960. The van der Waals surface area contributed by atoms with Crippen molar-refractivity contribution in [1.29, 1.82) is 0 Å². The van der Waals surface area contributed by atoms with Gasteiger partial charge in [0.2, 0.25) is 0 Å². The second-order valence-corrected chi connectivity index (χ2v) is 5.95. The van der Waals surface area contributed by atoms with E-state index in [0.717, 1.165) is 24.9 Å². The maximum absolute atomic E-state index is 13.1. The maximum atomic E-state index is 13.1. The van der Waals surface area contributed by atoms with Crippen molar-refractivity contribution < 1.29 is 8.78 Å². The third kappa shape index (κ3) is 5.13. The third-order valence-electron chi connectivity index (χ3n) is 3.02. The van der Waals surface area contributed by atoms with Gasteiger partial charge < -0.3 is 5.32 Å². The predicted molar refractivity (Wildman–Crippen MR) is 71.6 cm³/mol. The number of benzene rings is 1. The van der Waals surface area contributed by atoms with Crippen molar-refractivity contribution in [2.24, 2.45) is 5.41 Å². The van der Waals surface area contributed by atoms with E-state index in [-0.39, 0.29) is 5.41 Å². The van der Waals surface area contributed by atoms with Crippen molar-refractivity contribution in [3.05, 3.63) is 35.4 Å². The third-order valence-corrected chi connectivity index (χ3v) is 3.02. The molecule has 1 aromatic rings. The zero-order valence-corrected chi connectivity index (χ0v) is 11.7. The molecule has 0 unspecified atom stereocenters. The number of nitrogens with one attached hydrogen (secondary N) is 1. The van der Waals surface area contributed by atoms with Crippen LogP contribution in [0.4, 0.5) is 8.78 Å². The average molecular weight is 255 g/mol. The van der Waals surface area contributed by atoms with Gasteiger partial charge in [0.25, 0.3) is 0 Å². The molecule has 0 bridgehead atoms. The van der Waals surface area contributed by atoms with Crippen molar-refractivity contribution in [3.8, 4) is 0 Å². The van der Waals surface area contributed by atoms with Gasteiger partial charge in [0.1, 0.15) is 0 Å². The molecule has 0 saturated heterocycles. The molecule has 0 amide bonds. The summed E-state index contributed by atoms with van der Waals surface area (Å²) in [4.78, 5) is 0. The fourth-order valence-electron chi connectivity index (χ4n) is 1.99. The Balaban J connectivity index is 2.55. The molecule has 0 heterocycles. The molecule has 18 heavy (non-hydrogen) atoms. The Morgan fingerprint density at radius 1 is 1.17 bits per heavy atom. The first-order valence-electron chi connectivity index (χ1n) is 6.47. The highest BCUT2D eigenvalue weighted by Crippen LogP contribution is 2.26. The van der Waals surface area contributed by atoms with Gasteiger partial charge in [-0.25, -0.2) is 8.78 Å². The second-order valence-electron chi connectivity index (χ2n) is 5.95. The van der Waals surface area contributed by atoms with E-state index in [2.05, 4.69) is 33.0 Å². The first-order valence-corrected chi connectivity index (χ1v) is 6.47. The van der Waals surface area contributed by atoms with Crippen LogP contribution in [0.2, 0.25) is 0 Å². The van der Waals surface area contributed by atoms with Crippen LogP contribution in [-0.2, 0) is 6.42 Å². The van der Waals surface area contributed by atoms with Crippen molar-refractivity contribution in [3.63, 3.8) is 0 Å². The molecule has 0 radical (unpaired) electrons. The highest BCUT2D eigenvalue weighted by atomic mass is 19.2. The lowest BCUT2D eigenvalue weighted by molar-refractivity contribution is 0.320. The van der Waals surface area contributed by atoms with E-state index in [0.29, 0.717) is 6.04 Å². The first kappa shape index (κ1) is 15.1. The molecule has 0 spiro atoms. The smallest absolute Gasteiger partial charge is 0.159 e. The van der Waals surface area contributed by atoms with Crippen LogP contribution in [-0.4, -0.2) is 12.6 Å². The lowest BCUT2D eigenvalue weighted by atomic mass is 9.82. The molecule has 102 valence electrons. The molecule has 1 rings (SSSR count). The topological polar surface area (TPSA) is 12.0 Å². The van der Waals surface area contributed by atoms with Crippen molar-refractivity contribution in [1.82, 2.24) is 5.32 Å². The molecule has 0 atom stereocenters. The fraction of sp³-hybridized carbons (Fsp3) is 0.600. The molecule has 0 saturated carbocycles. The molecule has 1 nitrogen and oxygen atoms in total. The zero-order chi connectivity index (χ0) is 13.8. The highest BCUT2D eigenvalue weighted by Gasteiger charge is 2.19. The van der Waals surface area contributed by atoms with Crippen LogP contribution in [0.3, 0.4) is 0 Å². The van der Waals surface area contributed by atoms with E-state index in [1.165, 1.54) is 12.1 Å². The second kappa shape index (κ2) is 6.28. The highest BCUT2D eigenvalue weighted by molar-refractivity contribution is 5.19. The van der Waals surface area contributed by atoms with Crippen LogP contribution < -0.4 is 5.32 Å². The normalized spacial score (nSPS) is 12.2. The summed E-state index contributed by atoms with van der Waals surface area (Å²) >= 11 is 0. The largest absolute Gasteiger partial charge is 0.315 e. The number of rotatable bonds is 6. The summed E-state index contributed by atoms with van der Waals surface area (Å²) in [5, 5.41) is 3.37. The summed E-state index contributed by atoms with van der Waals surface area (Å²) < 4.78 is 26.0. The van der Waals surface area contributed by atoms with Gasteiger partial charge in [0.15, 0.2) is 11.6 Å². The summed E-state index contributed by atoms with van der Waals surface area (Å²) in [7, 11) is 0. The molecular formula is C15H23F2N. The summed E-state index contributed by atoms with van der Waals surface area (Å²) in [6, 6.07) is 4.64. The van der Waals surface area contributed by atoms with Gasteiger partial charge in [-0.2, -0.15) is 0 Å². The molecule has 1 N–H and O–H groups in total. The lowest BCUT2D eigenvalue weighted by Gasteiger charge is -2.25. The van der Waals surface area contributed by atoms with E-state index >= 15 is 0 Å². The average Bonchev–Trinajstić information content (AvgIpc) is 2.22. The molecule has 0 aliphatic rings. The van der Waals surface area contributed by atoms with Crippen molar-refractivity contribution in [2.45, 2.75) is 46.6 Å². The summed E-state index contributed by atoms with van der Waals surface area (Å²) in [5.41, 5.74) is 0.926. The summed E-state index contributed by atoms with van der Waals surface area (Å²) in [6.45, 7) is 9.46. The van der Waals surface area contributed by atoms with Gasteiger partial charge in [-0.05, 0) is 42.5 Å². The number of halogens is 2. The van der Waals surface area contributed by atoms with E-state index in [1.807, 2.05) is 0 Å². The molecule has 3 heteroatoms. The van der Waals surface area contributed by atoms with Crippen molar-refractivity contribution >= 4 is 0 Å². The number of hydrogen-bond acceptors (Lipinski definition) is 1. The quantitative estimate of drug-likeness (QED) is 0.812. The number of hydrogen-bond donors (Lipinski definition) is 1. The fourth-order valence-corrected chi connectivity index (χ4v) is 1.99. The van der Waals surface area contributed by atoms with Crippen LogP contribution in [0.5, 0.6) is 0 Å². The van der Waals surface area contributed by atoms with Gasteiger partial charge in [0, 0.05) is 6.04 Å². The van der Waals surface area contributed by atoms with Gasteiger partial charge in [-0.1, -0.05) is 33.8 Å². The molecular weight excluding hydrogens is 232 g/mol. The Bertz CT molecular complexity index is 386. The minimum absolute atomic E-state index is 0.0756. The Morgan fingerprint density at radius 2 is 1.83 bits per heavy atom. The van der Waals surface area contributed by atoms with E-state index in [1.54, 1.807) is 6.07 Å². The summed E-state index contributed by atoms with van der Waals surface area (Å²) in [5.74, 6) is -1.54. The van der Waals surface area contributed by atoms with Gasteiger partial charge >= 0.3 is 0 Å². The van der Waals surface area contributed by atoms with E-state index in [9.17, 15) is 8.78 Å². The lowest BCUT2D eigenvalue weighted by Crippen LogP contribution is -2.28. The van der Waals surface area contributed by atoms with Gasteiger partial charge in [-0.3, -0.25) is 0 Å².